The molecule has 2 heterocycles. The summed E-state index contributed by atoms with van der Waals surface area (Å²) >= 11 is 0. The summed E-state index contributed by atoms with van der Waals surface area (Å²) in [7, 11) is 0. The third-order valence-electron chi connectivity index (χ3n) is 3.37. The number of carbonyl (C=O) groups is 1. The Hall–Kier alpha value is -1.78. The molecule has 2 amide bonds. The summed E-state index contributed by atoms with van der Waals surface area (Å²) in [5.41, 5.74) is 1.14. The highest BCUT2D eigenvalue weighted by Gasteiger charge is 2.23. The Kier molecular flexibility index (Phi) is 3.04. The fourth-order valence-corrected chi connectivity index (χ4v) is 2.19. The van der Waals surface area contributed by atoms with Gasteiger partial charge in [0.1, 0.15) is 5.82 Å². The first-order chi connectivity index (χ1) is 8.81. The van der Waals surface area contributed by atoms with Gasteiger partial charge in [0.2, 0.25) is 0 Å². The van der Waals surface area contributed by atoms with Crippen LogP contribution in [0, 0.1) is 0 Å². The zero-order chi connectivity index (χ0) is 12.4. The van der Waals surface area contributed by atoms with Gasteiger partial charge in [-0.1, -0.05) is 0 Å². The standard InChI is InChI=1S/C13H18N4O/c18-13(15-10-3-4-10)16-12-6-5-11(9-14-12)17-7-1-2-8-17/h5-6,9-10H,1-4,7-8H2,(H2,14,15,16,18). The summed E-state index contributed by atoms with van der Waals surface area (Å²) in [6.07, 6.45) is 6.52. The number of nitrogens with one attached hydrogen (secondary N) is 2. The van der Waals surface area contributed by atoms with E-state index in [1.807, 2.05) is 18.3 Å². The second-order valence-electron chi connectivity index (χ2n) is 4.97. The van der Waals surface area contributed by atoms with E-state index in [2.05, 4.69) is 20.5 Å². The molecule has 1 aromatic heterocycles. The first-order valence-corrected chi connectivity index (χ1v) is 6.60. The number of hydrogen-bond acceptors (Lipinski definition) is 3. The van der Waals surface area contributed by atoms with Gasteiger partial charge in [-0.05, 0) is 37.8 Å². The second kappa shape index (κ2) is 4.84. The molecule has 0 aromatic carbocycles. The zero-order valence-electron chi connectivity index (χ0n) is 10.4. The number of nitrogens with zero attached hydrogens (tertiary/aromatic N) is 2. The molecule has 2 N–H and O–H groups in total. The third kappa shape index (κ3) is 2.72. The van der Waals surface area contributed by atoms with Crippen LogP contribution in [0.2, 0.25) is 0 Å². The summed E-state index contributed by atoms with van der Waals surface area (Å²) in [6, 6.07) is 4.10. The second-order valence-corrected chi connectivity index (χ2v) is 4.97. The molecule has 5 nitrogen and oxygen atoms in total. The Morgan fingerprint density at radius 2 is 2.06 bits per heavy atom. The van der Waals surface area contributed by atoms with Crippen LogP contribution in [0.15, 0.2) is 18.3 Å². The van der Waals surface area contributed by atoms with Crippen molar-refractivity contribution in [3.8, 4) is 0 Å². The maximum atomic E-state index is 11.5. The van der Waals surface area contributed by atoms with E-state index in [-0.39, 0.29) is 6.03 Å². The normalized spacial score (nSPS) is 18.8. The molecular weight excluding hydrogens is 228 g/mol. The molecule has 0 radical (unpaired) electrons. The van der Waals surface area contributed by atoms with Gasteiger partial charge in [0, 0.05) is 19.1 Å². The van der Waals surface area contributed by atoms with Crippen LogP contribution >= 0.6 is 0 Å². The topological polar surface area (TPSA) is 57.3 Å². The molecule has 1 aliphatic heterocycles. The highest BCUT2D eigenvalue weighted by molar-refractivity contribution is 5.88. The fourth-order valence-electron chi connectivity index (χ4n) is 2.19. The Morgan fingerprint density at radius 3 is 2.67 bits per heavy atom. The quantitative estimate of drug-likeness (QED) is 0.857. The van der Waals surface area contributed by atoms with Crippen LogP contribution in [0.5, 0.6) is 0 Å². The lowest BCUT2D eigenvalue weighted by Crippen LogP contribution is -2.30. The van der Waals surface area contributed by atoms with Crippen molar-refractivity contribution in [2.75, 3.05) is 23.3 Å². The molecule has 0 spiro atoms. The van der Waals surface area contributed by atoms with Crippen molar-refractivity contribution in [3.05, 3.63) is 18.3 Å². The molecule has 1 aromatic rings. The van der Waals surface area contributed by atoms with E-state index >= 15 is 0 Å². The minimum absolute atomic E-state index is 0.154. The average molecular weight is 246 g/mol. The minimum atomic E-state index is -0.154. The van der Waals surface area contributed by atoms with Crippen molar-refractivity contribution in [1.82, 2.24) is 10.3 Å². The van der Waals surface area contributed by atoms with E-state index < -0.39 is 0 Å². The Labute approximate surface area is 107 Å². The number of urea groups is 1. The first-order valence-electron chi connectivity index (χ1n) is 6.60. The zero-order valence-corrected chi connectivity index (χ0v) is 10.4. The lowest BCUT2D eigenvalue weighted by atomic mass is 10.3. The Balaban J connectivity index is 1.57. The highest BCUT2D eigenvalue weighted by atomic mass is 16.2. The molecule has 1 saturated heterocycles. The van der Waals surface area contributed by atoms with E-state index in [9.17, 15) is 4.79 Å². The minimum Gasteiger partial charge on any atom is -0.370 e. The van der Waals surface area contributed by atoms with Gasteiger partial charge in [0.05, 0.1) is 11.9 Å². The number of carbonyl (C=O) groups excluding carboxylic acids is 1. The van der Waals surface area contributed by atoms with Crippen LogP contribution in [0.3, 0.4) is 0 Å². The van der Waals surface area contributed by atoms with Crippen molar-refractivity contribution >= 4 is 17.5 Å². The van der Waals surface area contributed by atoms with Crippen LogP contribution < -0.4 is 15.5 Å². The van der Waals surface area contributed by atoms with Gasteiger partial charge in [0.15, 0.2) is 0 Å². The summed E-state index contributed by atoms with van der Waals surface area (Å²) in [6.45, 7) is 2.22. The van der Waals surface area contributed by atoms with Crippen LogP contribution in [0.1, 0.15) is 25.7 Å². The van der Waals surface area contributed by atoms with Crippen molar-refractivity contribution in [2.24, 2.45) is 0 Å². The van der Waals surface area contributed by atoms with Crippen molar-refractivity contribution in [3.63, 3.8) is 0 Å². The van der Waals surface area contributed by atoms with Gasteiger partial charge in [0.25, 0.3) is 0 Å². The summed E-state index contributed by atoms with van der Waals surface area (Å²) < 4.78 is 0. The number of hydrogen-bond donors (Lipinski definition) is 2. The Morgan fingerprint density at radius 1 is 1.28 bits per heavy atom. The molecule has 2 aliphatic rings. The predicted octanol–water partition coefficient (Wildman–Crippen LogP) is 1.97. The molecule has 1 saturated carbocycles. The maximum Gasteiger partial charge on any atom is 0.320 e. The van der Waals surface area contributed by atoms with E-state index in [1.165, 1.54) is 12.8 Å². The van der Waals surface area contributed by atoms with E-state index in [0.717, 1.165) is 31.6 Å². The highest BCUT2D eigenvalue weighted by Crippen LogP contribution is 2.21. The van der Waals surface area contributed by atoms with Crippen LogP contribution in [0.4, 0.5) is 16.3 Å². The van der Waals surface area contributed by atoms with E-state index in [1.54, 1.807) is 0 Å². The molecule has 0 unspecified atom stereocenters. The van der Waals surface area contributed by atoms with Crippen LogP contribution in [0.25, 0.3) is 0 Å². The SMILES string of the molecule is O=C(Nc1ccc(N2CCCC2)cn1)NC1CC1. The van der Waals surface area contributed by atoms with Crippen LogP contribution in [-0.2, 0) is 0 Å². The number of amides is 2. The summed E-state index contributed by atoms with van der Waals surface area (Å²) in [5, 5.41) is 5.62. The molecule has 1 aliphatic carbocycles. The summed E-state index contributed by atoms with van der Waals surface area (Å²) in [5.74, 6) is 0.607. The first kappa shape index (κ1) is 11.3. The number of aromatic nitrogens is 1. The molecule has 0 atom stereocenters. The average Bonchev–Trinajstić information content (AvgIpc) is 3.01. The smallest absolute Gasteiger partial charge is 0.320 e. The van der Waals surface area contributed by atoms with Crippen molar-refractivity contribution in [1.29, 1.82) is 0 Å². The molecular formula is C13H18N4O. The van der Waals surface area contributed by atoms with E-state index in [4.69, 9.17) is 0 Å². The third-order valence-corrected chi connectivity index (χ3v) is 3.37. The molecule has 5 heteroatoms. The lowest BCUT2D eigenvalue weighted by Gasteiger charge is -2.17. The molecule has 0 bridgehead atoms. The largest absolute Gasteiger partial charge is 0.370 e. The van der Waals surface area contributed by atoms with E-state index in [0.29, 0.717) is 11.9 Å². The van der Waals surface area contributed by atoms with Gasteiger partial charge in [-0.3, -0.25) is 5.32 Å². The van der Waals surface area contributed by atoms with Gasteiger partial charge in [-0.15, -0.1) is 0 Å². The number of anilines is 2. The predicted molar refractivity (Wildman–Crippen MR) is 70.9 cm³/mol. The molecule has 18 heavy (non-hydrogen) atoms. The number of pyridine rings is 1. The van der Waals surface area contributed by atoms with Gasteiger partial charge in [-0.2, -0.15) is 0 Å². The van der Waals surface area contributed by atoms with Gasteiger partial charge < -0.3 is 10.2 Å². The Bertz CT molecular complexity index is 421. The lowest BCUT2D eigenvalue weighted by molar-refractivity contribution is 0.251. The fraction of sp³-hybridized carbons (Fsp3) is 0.538. The summed E-state index contributed by atoms with van der Waals surface area (Å²) in [4.78, 5) is 18.1. The molecule has 96 valence electrons. The maximum absolute atomic E-state index is 11.5. The van der Waals surface area contributed by atoms with Gasteiger partial charge >= 0.3 is 6.03 Å². The monoisotopic (exact) mass is 246 g/mol. The molecule has 2 fully saturated rings. The number of rotatable bonds is 3. The van der Waals surface area contributed by atoms with Crippen LogP contribution in [-0.4, -0.2) is 30.1 Å². The van der Waals surface area contributed by atoms with Crippen molar-refractivity contribution < 1.29 is 4.79 Å². The van der Waals surface area contributed by atoms with Gasteiger partial charge in [-0.25, -0.2) is 9.78 Å². The molecule has 3 rings (SSSR count). The van der Waals surface area contributed by atoms with Crippen molar-refractivity contribution in [2.45, 2.75) is 31.7 Å².